The summed E-state index contributed by atoms with van der Waals surface area (Å²) in [4.78, 5) is 26.9. The molecule has 7 heteroatoms. The molecule has 7 nitrogen and oxygen atoms in total. The fourth-order valence-electron chi connectivity index (χ4n) is 4.25. The summed E-state index contributed by atoms with van der Waals surface area (Å²) < 4.78 is 2.74. The number of likely N-dealkylation sites (tertiary alicyclic amines) is 1. The lowest BCUT2D eigenvalue weighted by Crippen LogP contribution is -2.39. The second-order valence-electron chi connectivity index (χ2n) is 7.89. The molecule has 1 aromatic heterocycles. The average molecular weight is 406 g/mol. The van der Waals surface area contributed by atoms with Gasteiger partial charge in [-0.25, -0.2) is 9.59 Å². The SMILES string of the molecule is CCC1C(c2ccc(C)cc2)CCN1C(=O)Nc1ccc(-n2ncn(C)c2=O)cc1. The predicted octanol–water partition coefficient (Wildman–Crippen LogP) is 3.68. The van der Waals surface area contributed by atoms with Crippen LogP contribution in [-0.2, 0) is 7.05 Å². The van der Waals surface area contributed by atoms with Crippen LogP contribution in [0.3, 0.4) is 0 Å². The number of hydrogen-bond donors (Lipinski definition) is 1. The fourth-order valence-corrected chi connectivity index (χ4v) is 4.25. The van der Waals surface area contributed by atoms with E-state index in [1.807, 2.05) is 4.90 Å². The van der Waals surface area contributed by atoms with Crippen molar-refractivity contribution in [2.45, 2.75) is 38.6 Å². The maximum atomic E-state index is 13.0. The maximum absolute atomic E-state index is 13.0. The molecule has 0 bridgehead atoms. The van der Waals surface area contributed by atoms with Crippen LogP contribution in [0.1, 0.15) is 36.8 Å². The molecule has 2 aromatic carbocycles. The Kier molecular flexibility index (Phi) is 5.44. The van der Waals surface area contributed by atoms with E-state index in [0.717, 1.165) is 19.4 Å². The highest BCUT2D eigenvalue weighted by molar-refractivity contribution is 5.90. The van der Waals surface area contributed by atoms with Crippen LogP contribution in [0.4, 0.5) is 10.5 Å². The summed E-state index contributed by atoms with van der Waals surface area (Å²) in [5.41, 5.74) is 3.69. The van der Waals surface area contributed by atoms with E-state index in [-0.39, 0.29) is 17.8 Å². The van der Waals surface area contributed by atoms with Gasteiger partial charge in [0, 0.05) is 31.2 Å². The number of aryl methyl sites for hydroxylation is 2. The molecule has 2 unspecified atom stereocenters. The van der Waals surface area contributed by atoms with Gasteiger partial charge in [0.2, 0.25) is 0 Å². The Balaban J connectivity index is 1.46. The van der Waals surface area contributed by atoms with Crippen molar-refractivity contribution in [3.8, 4) is 5.69 Å². The van der Waals surface area contributed by atoms with Gasteiger partial charge in [-0.1, -0.05) is 36.8 Å². The fraction of sp³-hybridized carbons (Fsp3) is 0.348. The van der Waals surface area contributed by atoms with Gasteiger partial charge in [-0.3, -0.25) is 4.57 Å². The minimum Gasteiger partial charge on any atom is -0.321 e. The number of carbonyl (C=O) groups is 1. The zero-order valence-corrected chi connectivity index (χ0v) is 17.6. The minimum atomic E-state index is -0.211. The number of nitrogens with one attached hydrogen (secondary N) is 1. The number of anilines is 1. The quantitative estimate of drug-likeness (QED) is 0.720. The number of urea groups is 1. The lowest BCUT2D eigenvalue weighted by molar-refractivity contribution is 0.202. The molecular weight excluding hydrogens is 378 g/mol. The van der Waals surface area contributed by atoms with Crippen LogP contribution in [0.15, 0.2) is 59.7 Å². The van der Waals surface area contributed by atoms with Crippen molar-refractivity contribution in [2.75, 3.05) is 11.9 Å². The molecule has 0 saturated carbocycles. The molecule has 156 valence electrons. The summed E-state index contributed by atoms with van der Waals surface area (Å²) in [6.45, 7) is 4.96. The summed E-state index contributed by atoms with van der Waals surface area (Å²) in [5, 5.41) is 7.08. The largest absolute Gasteiger partial charge is 0.350 e. The summed E-state index contributed by atoms with van der Waals surface area (Å²) in [7, 11) is 1.66. The molecule has 1 aliphatic rings. The van der Waals surface area contributed by atoms with Gasteiger partial charge in [0.1, 0.15) is 6.33 Å². The molecule has 2 atom stereocenters. The van der Waals surface area contributed by atoms with Gasteiger partial charge >= 0.3 is 11.7 Å². The number of amides is 2. The van der Waals surface area contributed by atoms with Gasteiger partial charge in [0.25, 0.3) is 0 Å². The third-order valence-corrected chi connectivity index (χ3v) is 5.92. The van der Waals surface area contributed by atoms with Crippen molar-refractivity contribution in [2.24, 2.45) is 7.05 Å². The summed E-state index contributed by atoms with van der Waals surface area (Å²) in [6, 6.07) is 15.9. The molecule has 1 saturated heterocycles. The molecule has 2 heterocycles. The first-order valence-corrected chi connectivity index (χ1v) is 10.3. The second-order valence-corrected chi connectivity index (χ2v) is 7.89. The van der Waals surface area contributed by atoms with Crippen molar-refractivity contribution >= 4 is 11.7 Å². The molecule has 1 aliphatic heterocycles. The molecule has 30 heavy (non-hydrogen) atoms. The lowest BCUT2D eigenvalue weighted by atomic mass is 9.90. The van der Waals surface area contributed by atoms with E-state index < -0.39 is 0 Å². The highest BCUT2D eigenvalue weighted by Crippen LogP contribution is 2.35. The van der Waals surface area contributed by atoms with Crippen molar-refractivity contribution in [1.29, 1.82) is 0 Å². The standard InChI is InChI=1S/C23H27N5O2/c1-4-21-20(17-7-5-16(2)6-8-17)13-14-27(21)22(29)25-18-9-11-19(12-10-18)28-23(30)26(3)15-24-28/h5-12,15,20-21H,4,13-14H2,1-3H3,(H,25,29). The maximum Gasteiger partial charge on any atom is 0.350 e. The Morgan fingerprint density at radius 2 is 1.83 bits per heavy atom. The zero-order valence-electron chi connectivity index (χ0n) is 17.6. The number of benzene rings is 2. The van der Waals surface area contributed by atoms with E-state index in [1.165, 1.54) is 26.7 Å². The highest BCUT2D eigenvalue weighted by Gasteiger charge is 2.36. The van der Waals surface area contributed by atoms with Crippen molar-refractivity contribution in [3.63, 3.8) is 0 Å². The summed E-state index contributed by atoms with van der Waals surface area (Å²) in [5.74, 6) is 0.361. The third kappa shape index (κ3) is 3.75. The number of rotatable bonds is 4. The number of hydrogen-bond acceptors (Lipinski definition) is 3. The molecular formula is C23H27N5O2. The van der Waals surface area contributed by atoms with Crippen LogP contribution < -0.4 is 11.0 Å². The molecule has 3 aromatic rings. The summed E-state index contributed by atoms with van der Waals surface area (Å²) in [6.07, 6.45) is 3.35. The minimum absolute atomic E-state index is 0.0841. The van der Waals surface area contributed by atoms with Gasteiger partial charge in [0.05, 0.1) is 5.69 Å². The monoisotopic (exact) mass is 405 g/mol. The van der Waals surface area contributed by atoms with E-state index in [1.54, 1.807) is 31.3 Å². The Bertz CT molecular complexity index is 1080. The molecule has 1 fully saturated rings. The zero-order chi connectivity index (χ0) is 21.3. The molecule has 0 spiro atoms. The predicted molar refractivity (Wildman–Crippen MR) is 117 cm³/mol. The number of nitrogens with zero attached hydrogens (tertiary/aromatic N) is 4. The first-order chi connectivity index (χ1) is 14.5. The van der Waals surface area contributed by atoms with Crippen molar-refractivity contribution in [3.05, 3.63) is 76.5 Å². The van der Waals surface area contributed by atoms with Gasteiger partial charge in [0.15, 0.2) is 0 Å². The number of carbonyl (C=O) groups excluding carboxylic acids is 1. The van der Waals surface area contributed by atoms with Gasteiger partial charge in [-0.05, 0) is 49.6 Å². The van der Waals surface area contributed by atoms with Crippen LogP contribution in [-0.4, -0.2) is 37.9 Å². The van der Waals surface area contributed by atoms with Crippen LogP contribution in [0.25, 0.3) is 5.69 Å². The molecule has 2 amide bonds. The van der Waals surface area contributed by atoms with Crippen LogP contribution in [0.5, 0.6) is 0 Å². The topological polar surface area (TPSA) is 72.2 Å². The lowest BCUT2D eigenvalue weighted by Gasteiger charge is -2.28. The molecule has 4 rings (SSSR count). The van der Waals surface area contributed by atoms with E-state index in [4.69, 9.17) is 0 Å². The van der Waals surface area contributed by atoms with E-state index >= 15 is 0 Å². The first-order valence-electron chi connectivity index (χ1n) is 10.3. The van der Waals surface area contributed by atoms with Crippen LogP contribution in [0.2, 0.25) is 0 Å². The van der Waals surface area contributed by atoms with E-state index in [2.05, 4.69) is 48.5 Å². The first kappa shape index (κ1) is 19.9. The van der Waals surface area contributed by atoms with Crippen molar-refractivity contribution < 1.29 is 4.79 Å². The number of aromatic nitrogens is 3. The summed E-state index contributed by atoms with van der Waals surface area (Å²) >= 11 is 0. The van der Waals surface area contributed by atoms with Gasteiger partial charge in [-0.15, -0.1) is 0 Å². The van der Waals surface area contributed by atoms with Crippen molar-refractivity contribution in [1.82, 2.24) is 19.2 Å². The van der Waals surface area contributed by atoms with Crippen LogP contribution >= 0.6 is 0 Å². The Labute approximate surface area is 175 Å². The normalized spacial score (nSPS) is 18.6. The second kappa shape index (κ2) is 8.18. The van der Waals surface area contributed by atoms with Crippen LogP contribution in [0, 0.1) is 6.92 Å². The van der Waals surface area contributed by atoms with E-state index in [0.29, 0.717) is 17.3 Å². The average Bonchev–Trinajstić information content (AvgIpc) is 3.33. The Morgan fingerprint density at radius 1 is 1.13 bits per heavy atom. The third-order valence-electron chi connectivity index (χ3n) is 5.92. The highest BCUT2D eigenvalue weighted by atomic mass is 16.2. The Hall–Kier alpha value is -3.35. The van der Waals surface area contributed by atoms with E-state index in [9.17, 15) is 9.59 Å². The molecule has 0 radical (unpaired) electrons. The van der Waals surface area contributed by atoms with Gasteiger partial charge in [-0.2, -0.15) is 9.78 Å². The Morgan fingerprint density at radius 3 is 2.43 bits per heavy atom. The molecule has 0 aliphatic carbocycles. The molecule has 1 N–H and O–H groups in total. The van der Waals surface area contributed by atoms with Gasteiger partial charge < -0.3 is 10.2 Å². The smallest absolute Gasteiger partial charge is 0.321 e.